The van der Waals surface area contributed by atoms with Crippen molar-refractivity contribution in [2.75, 3.05) is 26.2 Å². The number of rotatable bonds is 8. The SMILES string of the molecule is CCn1cc(CN2CC(=O)N(CC(C)C)CC(OCc3ccccc3F)C2)c(C)n1. The Kier molecular flexibility index (Phi) is 7.61. The first-order valence-corrected chi connectivity index (χ1v) is 10.7. The maximum absolute atomic E-state index is 14.0. The molecule has 1 aromatic heterocycles. The fourth-order valence-corrected chi connectivity index (χ4v) is 3.83. The lowest BCUT2D eigenvalue weighted by Crippen LogP contribution is -2.40. The predicted molar refractivity (Wildman–Crippen MR) is 114 cm³/mol. The number of aromatic nitrogens is 2. The van der Waals surface area contributed by atoms with E-state index in [1.54, 1.807) is 12.1 Å². The highest BCUT2D eigenvalue weighted by molar-refractivity contribution is 5.78. The van der Waals surface area contributed by atoms with Gasteiger partial charge in [-0.2, -0.15) is 5.10 Å². The quantitative estimate of drug-likeness (QED) is 0.663. The fraction of sp³-hybridized carbons (Fsp3) is 0.565. The van der Waals surface area contributed by atoms with Crippen molar-refractivity contribution in [1.29, 1.82) is 0 Å². The molecule has 164 valence electrons. The minimum Gasteiger partial charge on any atom is -0.370 e. The van der Waals surface area contributed by atoms with Crippen LogP contribution < -0.4 is 0 Å². The summed E-state index contributed by atoms with van der Waals surface area (Å²) >= 11 is 0. The van der Waals surface area contributed by atoms with E-state index in [4.69, 9.17) is 4.74 Å². The molecule has 0 spiro atoms. The summed E-state index contributed by atoms with van der Waals surface area (Å²) < 4.78 is 22.1. The molecule has 6 nitrogen and oxygen atoms in total. The number of nitrogens with zero attached hydrogens (tertiary/aromatic N) is 4. The number of carbonyl (C=O) groups is 1. The molecule has 3 rings (SSSR count). The van der Waals surface area contributed by atoms with Gasteiger partial charge in [-0.25, -0.2) is 4.39 Å². The molecule has 0 saturated carbocycles. The van der Waals surface area contributed by atoms with Gasteiger partial charge in [0, 0.05) is 50.0 Å². The van der Waals surface area contributed by atoms with Crippen molar-refractivity contribution < 1.29 is 13.9 Å². The molecule has 0 N–H and O–H groups in total. The van der Waals surface area contributed by atoms with Crippen molar-refractivity contribution in [3.63, 3.8) is 0 Å². The number of ether oxygens (including phenoxy) is 1. The van der Waals surface area contributed by atoms with Crippen LogP contribution >= 0.6 is 0 Å². The van der Waals surface area contributed by atoms with Crippen molar-refractivity contribution in [2.45, 2.75) is 53.5 Å². The van der Waals surface area contributed by atoms with Crippen LogP contribution in [0.4, 0.5) is 4.39 Å². The van der Waals surface area contributed by atoms with Gasteiger partial charge in [-0.3, -0.25) is 14.4 Å². The van der Waals surface area contributed by atoms with Crippen molar-refractivity contribution in [2.24, 2.45) is 5.92 Å². The van der Waals surface area contributed by atoms with E-state index >= 15 is 0 Å². The van der Waals surface area contributed by atoms with Gasteiger partial charge in [-0.1, -0.05) is 32.0 Å². The lowest BCUT2D eigenvalue weighted by molar-refractivity contribution is -0.132. The first kappa shape index (κ1) is 22.4. The molecule has 7 heteroatoms. The van der Waals surface area contributed by atoms with Gasteiger partial charge >= 0.3 is 0 Å². The normalized spacial score (nSPS) is 18.3. The first-order chi connectivity index (χ1) is 14.4. The number of carbonyl (C=O) groups excluding carboxylic acids is 1. The van der Waals surface area contributed by atoms with E-state index in [0.717, 1.165) is 17.8 Å². The number of aryl methyl sites for hydroxylation is 2. The maximum Gasteiger partial charge on any atom is 0.236 e. The van der Waals surface area contributed by atoms with Gasteiger partial charge in [-0.15, -0.1) is 0 Å². The van der Waals surface area contributed by atoms with Crippen LogP contribution in [-0.4, -0.2) is 57.8 Å². The number of benzene rings is 1. The molecule has 1 aliphatic heterocycles. The minimum absolute atomic E-state index is 0.112. The second kappa shape index (κ2) is 10.2. The van der Waals surface area contributed by atoms with Crippen molar-refractivity contribution >= 4 is 5.91 Å². The van der Waals surface area contributed by atoms with E-state index < -0.39 is 0 Å². The van der Waals surface area contributed by atoms with E-state index in [2.05, 4.69) is 30.8 Å². The summed E-state index contributed by atoms with van der Waals surface area (Å²) in [6, 6.07) is 6.67. The lowest BCUT2D eigenvalue weighted by atomic mass is 10.2. The highest BCUT2D eigenvalue weighted by atomic mass is 19.1. The summed E-state index contributed by atoms with van der Waals surface area (Å²) in [6.07, 6.45) is 1.86. The Labute approximate surface area is 178 Å². The molecule has 1 atom stereocenters. The van der Waals surface area contributed by atoms with E-state index in [0.29, 0.717) is 44.2 Å². The first-order valence-electron chi connectivity index (χ1n) is 10.7. The molecule has 0 aliphatic carbocycles. The van der Waals surface area contributed by atoms with E-state index in [9.17, 15) is 9.18 Å². The lowest BCUT2D eigenvalue weighted by Gasteiger charge is -2.26. The summed E-state index contributed by atoms with van der Waals surface area (Å²) in [6.45, 7) is 12.1. The standard InChI is InChI=1S/C23H33FN4O2/c1-5-28-12-20(18(4)25-28)11-26-13-21(14-27(10-17(2)3)23(29)15-26)30-16-19-8-6-7-9-22(19)24/h6-9,12,17,21H,5,10-11,13-16H2,1-4H3. The van der Waals surface area contributed by atoms with Crippen molar-refractivity contribution in [1.82, 2.24) is 19.6 Å². The molecule has 30 heavy (non-hydrogen) atoms. The number of halogens is 1. The van der Waals surface area contributed by atoms with Crippen LogP contribution in [0.5, 0.6) is 0 Å². The van der Waals surface area contributed by atoms with Gasteiger partial charge in [0.25, 0.3) is 0 Å². The van der Waals surface area contributed by atoms with Crippen LogP contribution in [0.1, 0.15) is 37.6 Å². The highest BCUT2D eigenvalue weighted by Gasteiger charge is 2.29. The molecule has 2 heterocycles. The molecular formula is C23H33FN4O2. The van der Waals surface area contributed by atoms with Crippen LogP contribution in [0.3, 0.4) is 0 Å². The summed E-state index contributed by atoms with van der Waals surface area (Å²) in [5.74, 6) is 0.222. The van der Waals surface area contributed by atoms with Gasteiger partial charge in [0.15, 0.2) is 0 Å². The molecule has 1 fully saturated rings. The van der Waals surface area contributed by atoms with Gasteiger partial charge in [0.1, 0.15) is 5.82 Å². The van der Waals surface area contributed by atoms with Crippen LogP contribution in [0, 0.1) is 18.7 Å². The number of amides is 1. The van der Waals surface area contributed by atoms with Crippen molar-refractivity contribution in [3.8, 4) is 0 Å². The fourth-order valence-electron chi connectivity index (χ4n) is 3.83. The summed E-state index contributed by atoms with van der Waals surface area (Å²) in [4.78, 5) is 16.9. The Hall–Kier alpha value is -2.25. The smallest absolute Gasteiger partial charge is 0.236 e. The third kappa shape index (κ3) is 5.89. The number of hydrogen-bond donors (Lipinski definition) is 0. The van der Waals surface area contributed by atoms with Crippen LogP contribution in [0.25, 0.3) is 0 Å². The zero-order valence-electron chi connectivity index (χ0n) is 18.5. The monoisotopic (exact) mass is 416 g/mol. The zero-order valence-corrected chi connectivity index (χ0v) is 18.5. The average Bonchev–Trinajstić information content (AvgIpc) is 2.98. The summed E-state index contributed by atoms with van der Waals surface area (Å²) in [5.41, 5.74) is 2.64. The van der Waals surface area contributed by atoms with Gasteiger partial charge < -0.3 is 9.64 Å². The second-order valence-corrected chi connectivity index (χ2v) is 8.48. The molecule has 1 saturated heterocycles. The molecule has 1 amide bonds. The molecular weight excluding hydrogens is 383 g/mol. The molecule has 0 bridgehead atoms. The van der Waals surface area contributed by atoms with Gasteiger partial charge in [0.2, 0.25) is 5.91 Å². The Balaban J connectivity index is 1.74. The Morgan fingerprint density at radius 1 is 1.23 bits per heavy atom. The van der Waals surface area contributed by atoms with Gasteiger partial charge in [0.05, 0.1) is 24.9 Å². The molecule has 2 aromatic rings. The van der Waals surface area contributed by atoms with Crippen LogP contribution in [0.2, 0.25) is 0 Å². The highest BCUT2D eigenvalue weighted by Crippen LogP contribution is 2.17. The minimum atomic E-state index is -0.263. The molecule has 1 aromatic carbocycles. The number of hydrogen-bond acceptors (Lipinski definition) is 4. The van der Waals surface area contributed by atoms with E-state index in [-0.39, 0.29) is 24.4 Å². The third-order valence-electron chi connectivity index (χ3n) is 5.38. The van der Waals surface area contributed by atoms with Crippen molar-refractivity contribution in [3.05, 3.63) is 53.1 Å². The van der Waals surface area contributed by atoms with Gasteiger partial charge in [-0.05, 0) is 25.8 Å². The predicted octanol–water partition coefficient (Wildman–Crippen LogP) is 3.24. The Morgan fingerprint density at radius 3 is 2.67 bits per heavy atom. The molecule has 1 aliphatic rings. The Morgan fingerprint density at radius 2 is 2.00 bits per heavy atom. The third-order valence-corrected chi connectivity index (χ3v) is 5.38. The molecule has 1 unspecified atom stereocenters. The zero-order chi connectivity index (χ0) is 21.7. The van der Waals surface area contributed by atoms with Crippen LogP contribution in [-0.2, 0) is 29.2 Å². The van der Waals surface area contributed by atoms with E-state index in [1.807, 2.05) is 28.8 Å². The average molecular weight is 417 g/mol. The second-order valence-electron chi connectivity index (χ2n) is 8.48. The maximum atomic E-state index is 14.0. The summed E-state index contributed by atoms with van der Waals surface area (Å²) in [5, 5.41) is 4.52. The van der Waals surface area contributed by atoms with E-state index in [1.165, 1.54) is 6.07 Å². The summed E-state index contributed by atoms with van der Waals surface area (Å²) in [7, 11) is 0. The largest absolute Gasteiger partial charge is 0.370 e. The molecule has 0 radical (unpaired) electrons. The Bertz CT molecular complexity index is 851. The topological polar surface area (TPSA) is 50.6 Å². The van der Waals surface area contributed by atoms with Crippen LogP contribution in [0.15, 0.2) is 30.5 Å².